The first-order valence-corrected chi connectivity index (χ1v) is 12.7. The molecule has 0 radical (unpaired) electrons. The molecule has 0 bridgehead atoms. The molecular formula is C33H25F3N2O. The molecule has 0 N–H and O–H groups in total. The van der Waals surface area contributed by atoms with Gasteiger partial charge in [-0.25, -0.2) is 0 Å². The van der Waals surface area contributed by atoms with Gasteiger partial charge in [-0.05, 0) is 70.8 Å². The number of ether oxygens (including phenoxy) is 1. The molecule has 6 rings (SSSR count). The van der Waals surface area contributed by atoms with Gasteiger partial charge in [-0.3, -0.25) is 4.68 Å². The van der Waals surface area contributed by atoms with E-state index in [4.69, 9.17) is 4.74 Å². The second-order valence-corrected chi connectivity index (χ2v) is 9.63. The van der Waals surface area contributed by atoms with Gasteiger partial charge in [0.15, 0.2) is 0 Å². The van der Waals surface area contributed by atoms with Crippen molar-refractivity contribution in [3.05, 3.63) is 131 Å². The molecule has 0 fully saturated rings. The molecule has 5 aromatic carbocycles. The summed E-state index contributed by atoms with van der Waals surface area (Å²) < 4.78 is 49.2. The Morgan fingerprint density at radius 3 is 2.18 bits per heavy atom. The summed E-state index contributed by atoms with van der Waals surface area (Å²) in [6.45, 7) is 2.84. The minimum atomic E-state index is -4.50. The highest BCUT2D eigenvalue weighted by molar-refractivity contribution is 5.95. The van der Waals surface area contributed by atoms with Crippen LogP contribution in [0, 0.1) is 6.92 Å². The molecule has 3 nitrogen and oxygen atoms in total. The lowest BCUT2D eigenvalue weighted by Gasteiger charge is -2.12. The quantitative estimate of drug-likeness (QED) is 0.219. The molecule has 0 aliphatic carbocycles. The van der Waals surface area contributed by atoms with Gasteiger partial charge >= 0.3 is 6.18 Å². The van der Waals surface area contributed by atoms with E-state index in [2.05, 4.69) is 36.3 Å². The van der Waals surface area contributed by atoms with E-state index in [-0.39, 0.29) is 5.52 Å². The number of hydrogen-bond acceptors (Lipinski definition) is 2. The number of aromatic nitrogens is 2. The number of benzene rings is 5. The lowest BCUT2D eigenvalue weighted by molar-refractivity contribution is -0.136. The number of hydrogen-bond donors (Lipinski definition) is 0. The van der Waals surface area contributed by atoms with Crippen molar-refractivity contribution in [1.29, 1.82) is 0 Å². The van der Waals surface area contributed by atoms with Crippen LogP contribution in [0.4, 0.5) is 13.2 Å². The Labute approximate surface area is 224 Å². The summed E-state index contributed by atoms with van der Waals surface area (Å²) in [6, 6.07) is 33.8. The lowest BCUT2D eigenvalue weighted by atomic mass is 10.0. The maximum atomic E-state index is 13.8. The van der Waals surface area contributed by atoms with E-state index in [0.29, 0.717) is 30.0 Å². The third kappa shape index (κ3) is 4.98. The summed E-state index contributed by atoms with van der Waals surface area (Å²) in [5, 5.41) is 7.26. The number of rotatable bonds is 6. The lowest BCUT2D eigenvalue weighted by Crippen LogP contribution is -2.06. The molecule has 0 spiro atoms. The van der Waals surface area contributed by atoms with Crippen molar-refractivity contribution in [3.63, 3.8) is 0 Å². The molecule has 0 atom stereocenters. The van der Waals surface area contributed by atoms with E-state index in [1.807, 2.05) is 66.7 Å². The molecule has 194 valence electrons. The number of halogens is 3. The van der Waals surface area contributed by atoms with Gasteiger partial charge in [0, 0.05) is 10.9 Å². The molecule has 1 heterocycles. The molecule has 0 unspecified atom stereocenters. The summed E-state index contributed by atoms with van der Waals surface area (Å²) in [5.41, 5.74) is 3.82. The second kappa shape index (κ2) is 9.95. The fourth-order valence-corrected chi connectivity index (χ4v) is 4.98. The minimum absolute atomic E-state index is 0.0527. The number of nitrogens with zero attached hydrogens (tertiary/aromatic N) is 2. The summed E-state index contributed by atoms with van der Waals surface area (Å²) in [7, 11) is 0. The number of alkyl halides is 3. The molecule has 0 saturated carbocycles. The largest absolute Gasteiger partial charge is 0.489 e. The van der Waals surface area contributed by atoms with Crippen LogP contribution in [0.1, 0.15) is 22.3 Å². The number of aryl methyl sites for hydroxylation is 1. The predicted octanol–water partition coefficient (Wildman–Crippen LogP) is 8.81. The first kappa shape index (κ1) is 24.7. The zero-order valence-electron chi connectivity index (χ0n) is 21.2. The van der Waals surface area contributed by atoms with Crippen molar-refractivity contribution >= 4 is 21.7 Å². The van der Waals surface area contributed by atoms with Crippen molar-refractivity contribution in [2.75, 3.05) is 0 Å². The first-order chi connectivity index (χ1) is 18.9. The van der Waals surface area contributed by atoms with Crippen LogP contribution in [0.3, 0.4) is 0 Å². The van der Waals surface area contributed by atoms with Crippen molar-refractivity contribution in [3.8, 4) is 17.0 Å². The molecule has 6 aromatic rings. The average Bonchev–Trinajstić information content (AvgIpc) is 3.30. The van der Waals surface area contributed by atoms with Crippen LogP contribution in [0.25, 0.3) is 32.9 Å². The Kier molecular flexibility index (Phi) is 6.31. The average molecular weight is 523 g/mol. The van der Waals surface area contributed by atoms with Gasteiger partial charge in [-0.1, -0.05) is 72.8 Å². The molecule has 6 heteroatoms. The van der Waals surface area contributed by atoms with Crippen molar-refractivity contribution in [2.45, 2.75) is 26.3 Å². The van der Waals surface area contributed by atoms with E-state index in [0.717, 1.165) is 33.7 Å². The highest BCUT2D eigenvalue weighted by atomic mass is 19.4. The van der Waals surface area contributed by atoms with E-state index < -0.39 is 11.7 Å². The maximum Gasteiger partial charge on any atom is 0.418 e. The third-order valence-corrected chi connectivity index (χ3v) is 6.98. The summed E-state index contributed by atoms with van der Waals surface area (Å²) in [5.74, 6) is 0.681. The maximum absolute atomic E-state index is 13.8. The Hall–Kier alpha value is -4.58. The van der Waals surface area contributed by atoms with Crippen LogP contribution >= 0.6 is 0 Å². The topological polar surface area (TPSA) is 27.1 Å². The van der Waals surface area contributed by atoms with Gasteiger partial charge < -0.3 is 4.74 Å². The SMILES string of the molecule is Cc1cc2ccccc2cc1COc1ccc(-c2c3cccc(C(F)(F)F)c3nn2Cc2ccccc2)cc1. The molecule has 0 aliphatic heterocycles. The Morgan fingerprint density at radius 1 is 0.769 bits per heavy atom. The van der Waals surface area contributed by atoms with Crippen LogP contribution in [0.15, 0.2) is 109 Å². The first-order valence-electron chi connectivity index (χ1n) is 12.7. The van der Waals surface area contributed by atoms with E-state index >= 15 is 0 Å². The van der Waals surface area contributed by atoms with Crippen LogP contribution < -0.4 is 4.74 Å². The minimum Gasteiger partial charge on any atom is -0.489 e. The zero-order valence-corrected chi connectivity index (χ0v) is 21.2. The molecule has 0 amide bonds. The predicted molar refractivity (Wildman–Crippen MR) is 149 cm³/mol. The Balaban J connectivity index is 1.33. The normalized spacial score (nSPS) is 11.8. The summed E-state index contributed by atoms with van der Waals surface area (Å²) in [4.78, 5) is 0. The molecule has 39 heavy (non-hydrogen) atoms. The van der Waals surface area contributed by atoms with Crippen molar-refractivity contribution in [1.82, 2.24) is 9.78 Å². The summed E-state index contributed by atoms with van der Waals surface area (Å²) in [6.07, 6.45) is -4.50. The van der Waals surface area contributed by atoms with Crippen LogP contribution in [-0.2, 0) is 19.3 Å². The molecule has 0 saturated heterocycles. The molecular weight excluding hydrogens is 497 g/mol. The van der Waals surface area contributed by atoms with Gasteiger partial charge in [0.05, 0.1) is 17.8 Å². The Bertz CT molecular complexity index is 1770. The van der Waals surface area contributed by atoms with Gasteiger partial charge in [0.2, 0.25) is 0 Å². The van der Waals surface area contributed by atoms with E-state index in [1.54, 1.807) is 10.7 Å². The van der Waals surface area contributed by atoms with Crippen molar-refractivity contribution in [2.24, 2.45) is 0 Å². The highest BCUT2D eigenvalue weighted by Crippen LogP contribution is 2.38. The third-order valence-electron chi connectivity index (χ3n) is 6.98. The van der Waals surface area contributed by atoms with Gasteiger partial charge in [0.1, 0.15) is 17.9 Å². The number of fused-ring (bicyclic) bond motifs is 2. The molecule has 1 aromatic heterocycles. The van der Waals surface area contributed by atoms with Gasteiger partial charge in [-0.2, -0.15) is 18.3 Å². The molecule has 0 aliphatic rings. The van der Waals surface area contributed by atoms with Crippen LogP contribution in [-0.4, -0.2) is 9.78 Å². The highest BCUT2D eigenvalue weighted by Gasteiger charge is 2.34. The standard InChI is InChI=1S/C33H25F3N2O/c1-22-18-25-10-5-6-11-26(25)19-27(22)21-39-28-16-14-24(15-17-28)32-29-12-7-13-30(33(34,35)36)31(29)37-38(32)20-23-8-3-2-4-9-23/h2-19H,20-21H2,1H3. The smallest absolute Gasteiger partial charge is 0.418 e. The van der Waals surface area contributed by atoms with E-state index in [9.17, 15) is 13.2 Å². The Morgan fingerprint density at radius 2 is 1.46 bits per heavy atom. The van der Waals surface area contributed by atoms with Gasteiger partial charge in [0.25, 0.3) is 0 Å². The fourth-order valence-electron chi connectivity index (χ4n) is 4.98. The fraction of sp³-hybridized carbons (Fsp3) is 0.121. The second-order valence-electron chi connectivity index (χ2n) is 9.63. The zero-order chi connectivity index (χ0) is 27.0. The van der Waals surface area contributed by atoms with Crippen molar-refractivity contribution < 1.29 is 17.9 Å². The summed E-state index contributed by atoms with van der Waals surface area (Å²) >= 11 is 0. The van der Waals surface area contributed by atoms with Gasteiger partial charge in [-0.15, -0.1) is 0 Å². The van der Waals surface area contributed by atoms with Crippen LogP contribution in [0.2, 0.25) is 0 Å². The monoisotopic (exact) mass is 522 g/mol. The van der Waals surface area contributed by atoms with Crippen LogP contribution in [0.5, 0.6) is 5.75 Å². The van der Waals surface area contributed by atoms with E-state index in [1.165, 1.54) is 11.5 Å².